The van der Waals surface area contributed by atoms with Gasteiger partial charge in [-0.15, -0.1) is 0 Å². The van der Waals surface area contributed by atoms with Crippen molar-refractivity contribution in [2.45, 2.75) is 17.1 Å². The minimum Gasteiger partial charge on any atom is -0.478 e. The molecule has 0 fully saturated rings. The molecule has 19 heavy (non-hydrogen) atoms. The topological polar surface area (TPSA) is 97.5 Å². The first-order chi connectivity index (χ1) is 8.84. The molecule has 0 atom stereocenters. The van der Waals surface area contributed by atoms with Gasteiger partial charge < -0.3 is 10.8 Å². The molecular formula is C13H13NO4S. The van der Waals surface area contributed by atoms with Crippen LogP contribution in [0.1, 0.15) is 15.9 Å². The van der Waals surface area contributed by atoms with Gasteiger partial charge in [-0.25, -0.2) is 13.2 Å². The minimum absolute atomic E-state index is 0.00829. The van der Waals surface area contributed by atoms with E-state index in [0.29, 0.717) is 5.56 Å². The lowest BCUT2D eigenvalue weighted by molar-refractivity contribution is 0.0696. The summed E-state index contributed by atoms with van der Waals surface area (Å²) in [7, 11) is -3.63. The summed E-state index contributed by atoms with van der Waals surface area (Å²) >= 11 is 0. The largest absolute Gasteiger partial charge is 0.478 e. The molecule has 1 aromatic rings. The van der Waals surface area contributed by atoms with Gasteiger partial charge in [-0.1, -0.05) is 24.3 Å². The molecule has 0 saturated carbocycles. The van der Waals surface area contributed by atoms with Crippen LogP contribution in [0.2, 0.25) is 0 Å². The molecule has 1 aliphatic carbocycles. The zero-order valence-corrected chi connectivity index (χ0v) is 11.0. The number of allylic oxidation sites excluding steroid dienone is 2. The summed E-state index contributed by atoms with van der Waals surface area (Å²) in [5.41, 5.74) is 6.02. The van der Waals surface area contributed by atoms with Gasteiger partial charge in [0.1, 0.15) is 5.25 Å². The van der Waals surface area contributed by atoms with Crippen LogP contribution in [0.5, 0.6) is 0 Å². The minimum atomic E-state index is -3.63. The Labute approximate surface area is 111 Å². The monoisotopic (exact) mass is 279 g/mol. The summed E-state index contributed by atoms with van der Waals surface area (Å²) in [5, 5.41) is 8.22. The molecule has 0 heterocycles. The molecule has 1 aromatic carbocycles. The van der Waals surface area contributed by atoms with Crippen molar-refractivity contribution in [1.29, 1.82) is 0 Å². The molecular weight excluding hydrogens is 266 g/mol. The van der Waals surface area contributed by atoms with Crippen LogP contribution in [-0.2, 0) is 9.84 Å². The maximum absolute atomic E-state index is 12.4. The fraction of sp³-hybridized carbons (Fsp3) is 0.154. The van der Waals surface area contributed by atoms with Gasteiger partial charge in [0, 0.05) is 0 Å². The summed E-state index contributed by atoms with van der Waals surface area (Å²) in [6, 6.07) is 2.50. The fourth-order valence-electron chi connectivity index (χ4n) is 1.94. The van der Waals surface area contributed by atoms with Crippen LogP contribution in [-0.4, -0.2) is 24.7 Å². The summed E-state index contributed by atoms with van der Waals surface area (Å²) in [6.07, 6.45) is 6.40. The van der Waals surface area contributed by atoms with E-state index in [1.165, 1.54) is 12.1 Å². The Morgan fingerprint density at radius 2 is 1.84 bits per heavy atom. The van der Waals surface area contributed by atoms with Crippen molar-refractivity contribution in [3.8, 4) is 0 Å². The highest BCUT2D eigenvalue weighted by atomic mass is 32.2. The van der Waals surface area contributed by atoms with Crippen molar-refractivity contribution in [2.24, 2.45) is 0 Å². The number of benzene rings is 1. The van der Waals surface area contributed by atoms with E-state index in [-0.39, 0.29) is 16.1 Å². The Hall–Kier alpha value is -2.08. The van der Waals surface area contributed by atoms with E-state index < -0.39 is 21.1 Å². The van der Waals surface area contributed by atoms with E-state index in [9.17, 15) is 13.2 Å². The highest BCUT2D eigenvalue weighted by molar-refractivity contribution is 7.92. The predicted molar refractivity (Wildman–Crippen MR) is 71.8 cm³/mol. The molecule has 5 nitrogen and oxygen atoms in total. The first kappa shape index (κ1) is 13.4. The average molecular weight is 279 g/mol. The second-order valence-corrected chi connectivity index (χ2v) is 6.36. The van der Waals surface area contributed by atoms with Crippen LogP contribution in [0, 0.1) is 6.92 Å². The van der Waals surface area contributed by atoms with Crippen molar-refractivity contribution < 1.29 is 18.3 Å². The van der Waals surface area contributed by atoms with E-state index in [4.69, 9.17) is 10.8 Å². The molecule has 0 unspecified atom stereocenters. The van der Waals surface area contributed by atoms with Gasteiger partial charge in [0.15, 0.2) is 9.84 Å². The number of rotatable bonds is 3. The smallest absolute Gasteiger partial charge is 0.336 e. The Morgan fingerprint density at radius 3 is 2.37 bits per heavy atom. The zero-order valence-electron chi connectivity index (χ0n) is 10.2. The number of carbonyl (C=O) groups is 1. The number of carboxylic acids is 1. The molecule has 2 rings (SSSR count). The fourth-order valence-corrected chi connectivity index (χ4v) is 3.56. The molecule has 0 spiro atoms. The van der Waals surface area contributed by atoms with Crippen molar-refractivity contribution in [2.75, 3.05) is 5.73 Å². The Balaban J connectivity index is 2.58. The SMILES string of the molecule is Cc1cc(S(=O)(=O)C2C=CC=C2)c(N)cc1C(=O)O. The van der Waals surface area contributed by atoms with Crippen LogP contribution in [0.25, 0.3) is 0 Å². The number of hydrogen-bond acceptors (Lipinski definition) is 4. The number of nitrogens with two attached hydrogens (primary N) is 1. The number of anilines is 1. The lowest BCUT2D eigenvalue weighted by Gasteiger charge is -2.13. The standard InChI is InChI=1S/C13H13NO4S/c1-8-6-12(11(14)7-10(8)13(15)16)19(17,18)9-4-2-3-5-9/h2-7,9H,14H2,1H3,(H,15,16). The number of aromatic carboxylic acids is 1. The number of carboxylic acid groups (broad SMARTS) is 1. The lowest BCUT2D eigenvalue weighted by atomic mass is 10.1. The molecule has 100 valence electrons. The van der Waals surface area contributed by atoms with Gasteiger partial charge in [-0.2, -0.15) is 0 Å². The molecule has 1 aliphatic rings. The van der Waals surface area contributed by atoms with Crippen LogP contribution >= 0.6 is 0 Å². The molecule has 0 saturated heterocycles. The van der Waals surface area contributed by atoms with E-state index in [2.05, 4.69) is 0 Å². The molecule has 0 radical (unpaired) electrons. The zero-order chi connectivity index (χ0) is 14.2. The van der Waals surface area contributed by atoms with E-state index in [1.54, 1.807) is 31.2 Å². The number of aryl methyl sites for hydroxylation is 1. The first-order valence-electron chi connectivity index (χ1n) is 5.56. The first-order valence-corrected chi connectivity index (χ1v) is 7.11. The third-order valence-electron chi connectivity index (χ3n) is 2.96. The third kappa shape index (κ3) is 2.26. The van der Waals surface area contributed by atoms with Crippen LogP contribution in [0.15, 0.2) is 41.3 Å². The number of sulfone groups is 1. The summed E-state index contributed by atoms with van der Waals surface area (Å²) in [4.78, 5) is 10.9. The summed E-state index contributed by atoms with van der Waals surface area (Å²) < 4.78 is 24.7. The second-order valence-electron chi connectivity index (χ2n) is 4.29. The van der Waals surface area contributed by atoms with Gasteiger partial charge in [-0.05, 0) is 24.6 Å². The van der Waals surface area contributed by atoms with Gasteiger partial charge in [0.25, 0.3) is 0 Å². The van der Waals surface area contributed by atoms with Crippen LogP contribution in [0.4, 0.5) is 5.69 Å². The molecule has 6 heteroatoms. The number of nitrogen functional groups attached to an aromatic ring is 1. The summed E-state index contributed by atoms with van der Waals surface area (Å²) in [5.74, 6) is -1.13. The highest BCUT2D eigenvalue weighted by Crippen LogP contribution is 2.28. The van der Waals surface area contributed by atoms with Gasteiger partial charge in [0.2, 0.25) is 0 Å². The van der Waals surface area contributed by atoms with Crippen LogP contribution in [0.3, 0.4) is 0 Å². The maximum atomic E-state index is 12.4. The Kier molecular flexibility index (Phi) is 3.20. The average Bonchev–Trinajstić information content (AvgIpc) is 2.85. The normalized spacial score (nSPS) is 15.0. The van der Waals surface area contributed by atoms with Crippen molar-refractivity contribution in [1.82, 2.24) is 0 Å². The van der Waals surface area contributed by atoms with Gasteiger partial charge in [0.05, 0.1) is 16.1 Å². The maximum Gasteiger partial charge on any atom is 0.336 e. The van der Waals surface area contributed by atoms with E-state index >= 15 is 0 Å². The van der Waals surface area contributed by atoms with E-state index in [1.807, 2.05) is 0 Å². The van der Waals surface area contributed by atoms with Gasteiger partial charge in [-0.3, -0.25) is 0 Å². The second kappa shape index (κ2) is 4.55. The predicted octanol–water partition coefficient (Wildman–Crippen LogP) is 1.54. The molecule has 0 amide bonds. The third-order valence-corrected chi connectivity index (χ3v) is 4.96. The van der Waals surface area contributed by atoms with Crippen molar-refractivity contribution in [3.05, 3.63) is 47.6 Å². The van der Waals surface area contributed by atoms with Crippen molar-refractivity contribution in [3.63, 3.8) is 0 Å². The van der Waals surface area contributed by atoms with Crippen LogP contribution < -0.4 is 5.73 Å². The van der Waals surface area contributed by atoms with E-state index in [0.717, 1.165) is 0 Å². The lowest BCUT2D eigenvalue weighted by Crippen LogP contribution is -2.18. The molecule has 0 aromatic heterocycles. The van der Waals surface area contributed by atoms with Gasteiger partial charge >= 0.3 is 5.97 Å². The summed E-state index contributed by atoms with van der Waals surface area (Å²) in [6.45, 7) is 1.54. The molecule has 3 N–H and O–H groups in total. The van der Waals surface area contributed by atoms with Crippen molar-refractivity contribution >= 4 is 21.5 Å². The quantitative estimate of drug-likeness (QED) is 0.818. The molecule has 0 bridgehead atoms. The molecule has 0 aliphatic heterocycles. The number of hydrogen-bond donors (Lipinski definition) is 2. The Bertz CT molecular complexity index is 690. The Morgan fingerprint density at radius 1 is 1.26 bits per heavy atom. The highest BCUT2D eigenvalue weighted by Gasteiger charge is 2.27.